The number of amides is 2. The first kappa shape index (κ1) is 29.1. The van der Waals surface area contributed by atoms with Crippen LogP contribution in [0.2, 0.25) is 0 Å². The van der Waals surface area contributed by atoms with Crippen molar-refractivity contribution >= 4 is 32.9 Å². The number of nitrogens with one attached hydrogen (secondary N) is 2. The van der Waals surface area contributed by atoms with Gasteiger partial charge in [0, 0.05) is 0 Å². The minimum Gasteiger partial charge on any atom is -0.444 e. The molecule has 206 valence electrons. The fourth-order valence-corrected chi connectivity index (χ4v) is 5.43. The number of aromatic nitrogens is 1. The molecule has 3 aromatic rings. The number of benzene rings is 2. The van der Waals surface area contributed by atoms with Gasteiger partial charge in [-0.3, -0.25) is 4.79 Å². The molecule has 3 N–H and O–H groups in total. The lowest BCUT2D eigenvalue weighted by molar-refractivity contribution is -0.124. The van der Waals surface area contributed by atoms with Crippen molar-refractivity contribution in [3.8, 4) is 0 Å². The number of sulfone groups is 1. The number of alkyl carbamates (subject to hydrolysis) is 1. The summed E-state index contributed by atoms with van der Waals surface area (Å²) >= 11 is 0. The number of carbonyl (C=O) groups excluding carboxylic acids is 2. The first-order valence-corrected chi connectivity index (χ1v) is 14.3. The smallest absolute Gasteiger partial charge is 0.408 e. The third kappa shape index (κ3) is 8.56. The molecule has 10 nitrogen and oxygen atoms in total. The summed E-state index contributed by atoms with van der Waals surface area (Å²) in [7, 11) is -3.83. The Morgan fingerprint density at radius 1 is 1.05 bits per heavy atom. The van der Waals surface area contributed by atoms with Crippen molar-refractivity contribution in [1.82, 2.24) is 15.6 Å². The molecule has 0 saturated heterocycles. The summed E-state index contributed by atoms with van der Waals surface area (Å²) in [4.78, 5) is 30.2. The lowest BCUT2D eigenvalue weighted by Gasteiger charge is -2.26. The van der Waals surface area contributed by atoms with E-state index in [1.54, 1.807) is 75.4 Å². The van der Waals surface area contributed by atoms with Gasteiger partial charge in [-0.05, 0) is 44.9 Å². The van der Waals surface area contributed by atoms with Crippen molar-refractivity contribution in [1.29, 1.82) is 0 Å². The first-order valence-electron chi connectivity index (χ1n) is 12.4. The van der Waals surface area contributed by atoms with E-state index in [0.29, 0.717) is 29.5 Å². The van der Waals surface area contributed by atoms with E-state index < -0.39 is 51.4 Å². The van der Waals surface area contributed by atoms with Gasteiger partial charge in [0.2, 0.25) is 11.8 Å². The van der Waals surface area contributed by atoms with E-state index >= 15 is 0 Å². The highest BCUT2D eigenvalue weighted by atomic mass is 32.2. The number of ether oxygens (including phenoxy) is 1. The van der Waals surface area contributed by atoms with Gasteiger partial charge in [-0.1, -0.05) is 55.8 Å². The van der Waals surface area contributed by atoms with Crippen LogP contribution in [0.5, 0.6) is 0 Å². The highest BCUT2D eigenvalue weighted by Gasteiger charge is 2.33. The minimum absolute atomic E-state index is 0.0262. The van der Waals surface area contributed by atoms with Crippen LogP contribution in [0.1, 0.15) is 58.1 Å². The zero-order valence-electron chi connectivity index (χ0n) is 22.0. The summed E-state index contributed by atoms with van der Waals surface area (Å²) < 4.78 is 36.9. The van der Waals surface area contributed by atoms with Crippen molar-refractivity contribution in [2.45, 2.75) is 70.1 Å². The summed E-state index contributed by atoms with van der Waals surface area (Å²) in [5.41, 5.74) is 0.737. The number of hydrogen-bond donors (Lipinski definition) is 3. The lowest BCUT2D eigenvalue weighted by atomic mass is 10.0. The monoisotopic (exact) mass is 545 g/mol. The Bertz CT molecular complexity index is 1300. The van der Waals surface area contributed by atoms with Crippen LogP contribution >= 0.6 is 0 Å². The quantitative estimate of drug-likeness (QED) is 0.331. The Kier molecular flexibility index (Phi) is 9.50. The molecule has 3 rings (SSSR count). The van der Waals surface area contributed by atoms with Gasteiger partial charge in [-0.2, -0.15) is 0 Å². The topological polar surface area (TPSA) is 148 Å². The van der Waals surface area contributed by atoms with Crippen LogP contribution in [0.25, 0.3) is 11.1 Å². The first-order chi connectivity index (χ1) is 17.9. The van der Waals surface area contributed by atoms with Gasteiger partial charge < -0.3 is 24.9 Å². The largest absolute Gasteiger partial charge is 0.444 e. The minimum atomic E-state index is -3.83. The fraction of sp³-hybridized carbons (Fsp3) is 0.444. The molecule has 1 aromatic heterocycles. The maximum absolute atomic E-state index is 13.4. The molecule has 0 aliphatic heterocycles. The van der Waals surface area contributed by atoms with E-state index in [9.17, 15) is 23.1 Å². The van der Waals surface area contributed by atoms with Gasteiger partial charge in [-0.15, -0.1) is 0 Å². The zero-order chi connectivity index (χ0) is 27.9. The van der Waals surface area contributed by atoms with Crippen molar-refractivity contribution in [2.24, 2.45) is 0 Å². The molecule has 0 bridgehead atoms. The molecule has 0 radical (unpaired) electrons. The highest BCUT2D eigenvalue weighted by Crippen LogP contribution is 2.24. The number of nitrogens with zero attached hydrogens (tertiary/aromatic N) is 1. The van der Waals surface area contributed by atoms with E-state index in [0.717, 1.165) is 0 Å². The normalized spacial score (nSPS) is 14.4. The zero-order valence-corrected chi connectivity index (χ0v) is 22.8. The standard InChI is InChI=1S/C27H35N3O7S/c1-5-11-20(23(31)25-29-19-14-9-10-15-22(19)36-25)28-24(32)21(30-26(33)37-27(2,3)4)17-38(34,35)16-18-12-7-6-8-13-18/h6-10,12-15,20-21,23,31H,5,11,16-17H2,1-4H3,(H,28,32)(H,30,33)/t20-,21?,23+/m1/s1. The van der Waals surface area contributed by atoms with Crippen LogP contribution in [0.3, 0.4) is 0 Å². The average Bonchev–Trinajstić information content (AvgIpc) is 3.26. The predicted molar refractivity (Wildman–Crippen MR) is 143 cm³/mol. The molecule has 0 fully saturated rings. The second-order valence-electron chi connectivity index (χ2n) is 10.1. The van der Waals surface area contributed by atoms with E-state index in [2.05, 4.69) is 15.6 Å². The van der Waals surface area contributed by atoms with E-state index in [4.69, 9.17) is 9.15 Å². The second-order valence-corrected chi connectivity index (χ2v) is 12.2. The molecule has 38 heavy (non-hydrogen) atoms. The number of hydrogen-bond acceptors (Lipinski definition) is 8. The van der Waals surface area contributed by atoms with Crippen LogP contribution in [-0.2, 0) is 25.1 Å². The van der Waals surface area contributed by atoms with Gasteiger partial charge in [0.25, 0.3) is 0 Å². The maximum Gasteiger partial charge on any atom is 0.408 e. The summed E-state index contributed by atoms with van der Waals surface area (Å²) in [6, 6.07) is 13.2. The van der Waals surface area contributed by atoms with E-state index in [1.807, 2.05) is 6.92 Å². The van der Waals surface area contributed by atoms with Crippen LogP contribution < -0.4 is 10.6 Å². The van der Waals surface area contributed by atoms with Gasteiger partial charge >= 0.3 is 6.09 Å². The number of fused-ring (bicyclic) bond motifs is 1. The van der Waals surface area contributed by atoms with Gasteiger partial charge in [0.05, 0.1) is 17.5 Å². The summed E-state index contributed by atoms with van der Waals surface area (Å²) in [5.74, 6) is -1.72. The molecule has 0 aliphatic carbocycles. The number of oxazole rings is 1. The van der Waals surface area contributed by atoms with Crippen molar-refractivity contribution < 1.29 is 32.3 Å². The fourth-order valence-electron chi connectivity index (χ4n) is 3.87. The SMILES string of the molecule is CCC[C@@H](NC(=O)C(CS(=O)(=O)Cc1ccccc1)NC(=O)OC(C)(C)C)[C@H](O)c1nc2ccccc2o1. The molecule has 1 heterocycles. The lowest BCUT2D eigenvalue weighted by Crippen LogP contribution is -2.54. The molecule has 11 heteroatoms. The second kappa shape index (κ2) is 12.4. The average molecular weight is 546 g/mol. The van der Waals surface area contributed by atoms with Gasteiger partial charge in [-0.25, -0.2) is 18.2 Å². The van der Waals surface area contributed by atoms with Crippen molar-refractivity contribution in [3.05, 3.63) is 66.1 Å². The molecule has 0 aliphatic rings. The van der Waals surface area contributed by atoms with Gasteiger partial charge in [0.1, 0.15) is 17.2 Å². The Morgan fingerprint density at radius 3 is 2.34 bits per heavy atom. The number of aliphatic hydroxyl groups excluding tert-OH is 1. The van der Waals surface area contributed by atoms with E-state index in [1.165, 1.54) is 0 Å². The Hall–Kier alpha value is -3.44. The van der Waals surface area contributed by atoms with Crippen molar-refractivity contribution in [2.75, 3.05) is 5.75 Å². The maximum atomic E-state index is 13.4. The Balaban J connectivity index is 1.81. The molecule has 2 aromatic carbocycles. The number of rotatable bonds is 11. The molecule has 2 amide bonds. The Labute approximate surface area is 222 Å². The van der Waals surface area contributed by atoms with Gasteiger partial charge in [0.15, 0.2) is 21.5 Å². The third-order valence-electron chi connectivity index (χ3n) is 5.53. The highest BCUT2D eigenvalue weighted by molar-refractivity contribution is 7.90. The summed E-state index contributed by atoms with van der Waals surface area (Å²) in [6.07, 6.45) is -1.28. The van der Waals surface area contributed by atoms with Crippen molar-refractivity contribution in [3.63, 3.8) is 0 Å². The third-order valence-corrected chi connectivity index (χ3v) is 7.14. The van der Waals surface area contributed by atoms with Crippen LogP contribution in [0, 0.1) is 0 Å². The predicted octanol–water partition coefficient (Wildman–Crippen LogP) is 3.65. The van der Waals surface area contributed by atoms with E-state index in [-0.39, 0.29) is 11.6 Å². The number of aliphatic hydroxyl groups is 1. The number of carbonyl (C=O) groups is 2. The molecule has 1 unspecified atom stereocenters. The molecular weight excluding hydrogens is 510 g/mol. The Morgan fingerprint density at radius 2 is 1.71 bits per heavy atom. The molecule has 3 atom stereocenters. The summed E-state index contributed by atoms with van der Waals surface area (Å²) in [5, 5.41) is 16.1. The van der Waals surface area contributed by atoms with Crippen LogP contribution in [0.4, 0.5) is 4.79 Å². The number of para-hydroxylation sites is 2. The van der Waals surface area contributed by atoms with Crippen LogP contribution in [-0.4, -0.2) is 53.9 Å². The summed E-state index contributed by atoms with van der Waals surface area (Å²) in [6.45, 7) is 6.84. The van der Waals surface area contributed by atoms with Crippen LogP contribution in [0.15, 0.2) is 59.0 Å². The molecule has 0 saturated carbocycles. The molecular formula is C27H35N3O7S. The molecule has 0 spiro atoms.